The van der Waals surface area contributed by atoms with Gasteiger partial charge in [-0.15, -0.1) is 0 Å². The van der Waals surface area contributed by atoms with Gasteiger partial charge in [-0.3, -0.25) is 9.10 Å². The highest BCUT2D eigenvalue weighted by molar-refractivity contribution is 7.92. The third-order valence-electron chi connectivity index (χ3n) is 6.49. The molecule has 0 radical (unpaired) electrons. The third-order valence-corrected chi connectivity index (χ3v) is 8.72. The van der Waals surface area contributed by atoms with Crippen LogP contribution in [-0.4, -0.2) is 40.6 Å². The Hall–Kier alpha value is -2.58. The van der Waals surface area contributed by atoms with Gasteiger partial charge in [0.15, 0.2) is 0 Å². The number of nitrogens with zero attached hydrogens (tertiary/aromatic N) is 1. The second kappa shape index (κ2) is 11.2. The molecule has 1 amide bonds. The number of amides is 1. The summed E-state index contributed by atoms with van der Waals surface area (Å²) in [7, 11) is -4.07. The van der Waals surface area contributed by atoms with Gasteiger partial charge >= 0.3 is 0 Å². The summed E-state index contributed by atoms with van der Waals surface area (Å²) < 4.78 is 33.9. The van der Waals surface area contributed by atoms with Crippen LogP contribution >= 0.6 is 23.2 Å². The number of ether oxygens (including phenoxy) is 1. The zero-order valence-corrected chi connectivity index (χ0v) is 22.2. The molecule has 0 aromatic heterocycles. The van der Waals surface area contributed by atoms with E-state index in [2.05, 4.69) is 17.4 Å². The van der Waals surface area contributed by atoms with E-state index in [-0.39, 0.29) is 26.0 Å². The molecule has 0 aliphatic carbocycles. The summed E-state index contributed by atoms with van der Waals surface area (Å²) in [6.45, 7) is 3.01. The van der Waals surface area contributed by atoms with E-state index in [0.29, 0.717) is 19.8 Å². The molecule has 1 heterocycles. The lowest BCUT2D eigenvalue weighted by Crippen LogP contribution is -2.48. The highest BCUT2D eigenvalue weighted by Crippen LogP contribution is 2.34. The zero-order valence-electron chi connectivity index (χ0n) is 19.9. The highest BCUT2D eigenvalue weighted by Gasteiger charge is 2.35. The molecule has 0 spiro atoms. The van der Waals surface area contributed by atoms with Crippen LogP contribution in [0.4, 0.5) is 5.69 Å². The maximum absolute atomic E-state index is 13.6. The van der Waals surface area contributed by atoms with Gasteiger partial charge in [-0.2, -0.15) is 0 Å². The first kappa shape index (κ1) is 26.5. The summed E-state index contributed by atoms with van der Waals surface area (Å²) in [6, 6.07) is 21.0. The van der Waals surface area contributed by atoms with Crippen molar-refractivity contribution in [2.45, 2.75) is 30.1 Å². The minimum absolute atomic E-state index is 0.0715. The number of carbonyl (C=O) groups excluding carboxylic acids is 1. The van der Waals surface area contributed by atoms with Crippen LogP contribution in [0.2, 0.25) is 10.0 Å². The fourth-order valence-electron chi connectivity index (χ4n) is 4.41. The number of hydrogen-bond donors (Lipinski definition) is 1. The average molecular weight is 548 g/mol. The molecule has 0 atom stereocenters. The van der Waals surface area contributed by atoms with Crippen LogP contribution in [0.3, 0.4) is 0 Å². The number of halogens is 2. The van der Waals surface area contributed by atoms with Crippen molar-refractivity contribution in [2.24, 2.45) is 0 Å². The van der Waals surface area contributed by atoms with E-state index in [0.717, 1.165) is 28.3 Å². The lowest BCUT2D eigenvalue weighted by Gasteiger charge is -2.38. The molecule has 0 bridgehead atoms. The predicted molar refractivity (Wildman–Crippen MR) is 143 cm³/mol. The van der Waals surface area contributed by atoms with Crippen LogP contribution in [0.5, 0.6) is 0 Å². The largest absolute Gasteiger partial charge is 0.381 e. The lowest BCUT2D eigenvalue weighted by molar-refractivity contribution is -0.120. The van der Waals surface area contributed by atoms with Crippen molar-refractivity contribution in [2.75, 3.05) is 30.6 Å². The van der Waals surface area contributed by atoms with Gasteiger partial charge in [0.1, 0.15) is 6.54 Å². The SMILES string of the molecule is Cc1ccc(S(=O)(=O)N(CC(=O)NCC2(c3ccccc3)CCOCC2)c2cc(Cl)cc(Cl)c2)cc1. The molecular formula is C27H28Cl2N2O4S. The Morgan fingerprint density at radius 3 is 2.19 bits per heavy atom. The number of sulfonamides is 1. The molecule has 6 nitrogen and oxygen atoms in total. The van der Waals surface area contributed by atoms with Crippen LogP contribution in [0.15, 0.2) is 77.7 Å². The quantitative estimate of drug-likeness (QED) is 0.412. The van der Waals surface area contributed by atoms with Crippen LogP contribution in [0.25, 0.3) is 0 Å². The van der Waals surface area contributed by atoms with E-state index in [1.807, 2.05) is 25.1 Å². The molecule has 1 aliphatic rings. The topological polar surface area (TPSA) is 75.7 Å². The van der Waals surface area contributed by atoms with Gasteiger partial charge in [-0.25, -0.2) is 8.42 Å². The Labute approximate surface area is 222 Å². The maximum atomic E-state index is 13.6. The number of benzene rings is 3. The fraction of sp³-hybridized carbons (Fsp3) is 0.296. The Kier molecular flexibility index (Phi) is 8.25. The van der Waals surface area contributed by atoms with Crippen molar-refractivity contribution in [3.05, 3.63) is 94.0 Å². The number of hydrogen-bond acceptors (Lipinski definition) is 4. The van der Waals surface area contributed by atoms with E-state index in [4.69, 9.17) is 27.9 Å². The second-order valence-electron chi connectivity index (χ2n) is 8.99. The molecule has 1 saturated heterocycles. The summed E-state index contributed by atoms with van der Waals surface area (Å²) in [4.78, 5) is 13.3. The molecule has 0 unspecified atom stereocenters. The normalized spacial score (nSPS) is 15.3. The maximum Gasteiger partial charge on any atom is 0.264 e. The molecule has 1 N–H and O–H groups in total. The number of anilines is 1. The van der Waals surface area contributed by atoms with Gasteiger partial charge in [0, 0.05) is 35.2 Å². The summed E-state index contributed by atoms with van der Waals surface area (Å²) in [5.41, 5.74) is 1.98. The van der Waals surface area contributed by atoms with Crippen molar-refractivity contribution in [1.82, 2.24) is 5.32 Å². The summed E-state index contributed by atoms with van der Waals surface area (Å²) in [6.07, 6.45) is 1.51. The second-order valence-corrected chi connectivity index (χ2v) is 11.7. The molecule has 0 saturated carbocycles. The Balaban J connectivity index is 1.61. The van der Waals surface area contributed by atoms with Gasteiger partial charge in [0.25, 0.3) is 10.0 Å². The first-order valence-corrected chi connectivity index (χ1v) is 13.8. The number of aryl methyl sites for hydroxylation is 1. The minimum Gasteiger partial charge on any atom is -0.381 e. The van der Waals surface area contributed by atoms with E-state index >= 15 is 0 Å². The predicted octanol–water partition coefficient (Wildman–Crippen LogP) is 5.36. The Morgan fingerprint density at radius 2 is 1.58 bits per heavy atom. The molecular weight excluding hydrogens is 519 g/mol. The molecule has 36 heavy (non-hydrogen) atoms. The van der Waals surface area contributed by atoms with Gasteiger partial charge in [0.05, 0.1) is 10.6 Å². The Morgan fingerprint density at radius 1 is 0.972 bits per heavy atom. The summed E-state index contributed by atoms with van der Waals surface area (Å²) in [5, 5.41) is 3.53. The molecule has 9 heteroatoms. The number of nitrogens with one attached hydrogen (secondary N) is 1. The first-order chi connectivity index (χ1) is 17.2. The minimum atomic E-state index is -4.07. The van der Waals surface area contributed by atoms with Crippen LogP contribution in [0, 0.1) is 6.92 Å². The van der Waals surface area contributed by atoms with Crippen molar-refractivity contribution in [3.8, 4) is 0 Å². The molecule has 4 rings (SSSR count). The summed E-state index contributed by atoms with van der Waals surface area (Å²) >= 11 is 12.4. The molecule has 3 aromatic rings. The van der Waals surface area contributed by atoms with Gasteiger partial charge in [-0.05, 0) is 55.7 Å². The fourth-order valence-corrected chi connectivity index (χ4v) is 6.33. The van der Waals surface area contributed by atoms with Crippen molar-refractivity contribution in [3.63, 3.8) is 0 Å². The van der Waals surface area contributed by atoms with Crippen LogP contribution in [-0.2, 0) is 25.0 Å². The van der Waals surface area contributed by atoms with E-state index < -0.39 is 22.5 Å². The molecule has 3 aromatic carbocycles. The van der Waals surface area contributed by atoms with E-state index in [1.54, 1.807) is 12.1 Å². The number of carbonyl (C=O) groups is 1. The number of rotatable bonds is 8. The smallest absolute Gasteiger partial charge is 0.264 e. The molecule has 1 fully saturated rings. The summed E-state index contributed by atoms with van der Waals surface area (Å²) in [5.74, 6) is -0.427. The van der Waals surface area contributed by atoms with E-state index in [1.165, 1.54) is 30.3 Å². The van der Waals surface area contributed by atoms with Crippen LogP contribution < -0.4 is 9.62 Å². The van der Waals surface area contributed by atoms with Gasteiger partial charge in [-0.1, -0.05) is 71.2 Å². The highest BCUT2D eigenvalue weighted by atomic mass is 35.5. The van der Waals surface area contributed by atoms with Gasteiger partial charge < -0.3 is 10.1 Å². The monoisotopic (exact) mass is 546 g/mol. The lowest BCUT2D eigenvalue weighted by atomic mass is 9.74. The first-order valence-electron chi connectivity index (χ1n) is 11.7. The van der Waals surface area contributed by atoms with E-state index in [9.17, 15) is 13.2 Å². The molecule has 1 aliphatic heterocycles. The van der Waals surface area contributed by atoms with Crippen LogP contribution in [0.1, 0.15) is 24.0 Å². The van der Waals surface area contributed by atoms with Crippen molar-refractivity contribution >= 4 is 44.8 Å². The molecule has 190 valence electrons. The Bertz CT molecular complexity index is 1290. The van der Waals surface area contributed by atoms with Crippen molar-refractivity contribution in [1.29, 1.82) is 0 Å². The van der Waals surface area contributed by atoms with Crippen molar-refractivity contribution < 1.29 is 17.9 Å². The zero-order chi connectivity index (χ0) is 25.8. The average Bonchev–Trinajstić information content (AvgIpc) is 2.87. The standard InChI is InChI=1S/C27H28Cl2N2O4S/c1-20-7-9-25(10-8-20)36(33,34)31(24-16-22(28)15-23(29)17-24)18-26(32)30-19-27(11-13-35-14-12-27)21-5-3-2-4-6-21/h2-10,15-17H,11-14,18-19H2,1H3,(H,30,32). The third kappa shape index (κ3) is 6.03. The van der Waals surface area contributed by atoms with Gasteiger partial charge in [0.2, 0.25) is 5.91 Å².